The number of hydrogen-bond acceptors (Lipinski definition) is 3. The Hall–Kier alpha value is -2.43. The van der Waals surface area contributed by atoms with Crippen molar-refractivity contribution in [1.82, 2.24) is 4.90 Å². The molecule has 0 spiro atoms. The van der Waals surface area contributed by atoms with E-state index in [0.717, 1.165) is 29.7 Å². The third kappa shape index (κ3) is 2.49. The molecule has 1 aliphatic heterocycles. The van der Waals surface area contributed by atoms with Gasteiger partial charge in [-0.25, -0.2) is 0 Å². The second-order valence-corrected chi connectivity index (χ2v) is 7.42. The molecule has 4 unspecified atom stereocenters. The third-order valence-electron chi connectivity index (χ3n) is 5.90. The van der Waals surface area contributed by atoms with Gasteiger partial charge < -0.3 is 5.32 Å². The van der Waals surface area contributed by atoms with Crippen molar-refractivity contribution in [2.45, 2.75) is 26.7 Å². The number of para-hydroxylation sites is 1. The number of nitrogens with one attached hydrogen (secondary N) is 1. The highest BCUT2D eigenvalue weighted by atomic mass is 16.2. The standard InChI is InChI=1S/C20H22N2O3/c1-11-4-3-5-12(2)18(11)21-15(23)10-22-19(24)16-13-6-7-14(9-8-13)17(16)20(22)25/h3-7,13-14,16-17H,8-10H2,1-2H3,(H,21,23). The van der Waals surface area contributed by atoms with Gasteiger partial charge in [-0.1, -0.05) is 30.4 Å². The Bertz CT molecular complexity index is 746. The summed E-state index contributed by atoms with van der Waals surface area (Å²) in [5, 5.41) is 2.87. The zero-order chi connectivity index (χ0) is 17.7. The molecule has 1 saturated carbocycles. The summed E-state index contributed by atoms with van der Waals surface area (Å²) in [5.74, 6) is -0.890. The molecule has 1 heterocycles. The van der Waals surface area contributed by atoms with Gasteiger partial charge >= 0.3 is 0 Å². The van der Waals surface area contributed by atoms with Gasteiger partial charge in [-0.3, -0.25) is 19.3 Å². The van der Waals surface area contributed by atoms with Crippen molar-refractivity contribution in [3.63, 3.8) is 0 Å². The average Bonchev–Trinajstić information content (AvgIpc) is 2.86. The number of nitrogens with zero attached hydrogens (tertiary/aromatic N) is 1. The first-order chi connectivity index (χ1) is 12.0. The van der Waals surface area contributed by atoms with Crippen LogP contribution in [0, 0.1) is 37.5 Å². The van der Waals surface area contributed by atoms with Gasteiger partial charge in [-0.05, 0) is 49.7 Å². The maximum Gasteiger partial charge on any atom is 0.244 e. The van der Waals surface area contributed by atoms with Crippen molar-refractivity contribution >= 4 is 23.4 Å². The highest BCUT2D eigenvalue weighted by Gasteiger charge is 2.56. The van der Waals surface area contributed by atoms with Crippen LogP contribution in [0.5, 0.6) is 0 Å². The molecule has 130 valence electrons. The molecule has 1 N–H and O–H groups in total. The number of likely N-dealkylation sites (tertiary alicyclic amines) is 1. The van der Waals surface area contributed by atoms with Crippen LogP contribution < -0.4 is 5.32 Å². The lowest BCUT2D eigenvalue weighted by Gasteiger charge is -2.38. The van der Waals surface area contributed by atoms with Crippen molar-refractivity contribution in [2.75, 3.05) is 11.9 Å². The second-order valence-electron chi connectivity index (χ2n) is 7.42. The molecule has 1 saturated heterocycles. The van der Waals surface area contributed by atoms with E-state index in [0.29, 0.717) is 0 Å². The molecule has 2 bridgehead atoms. The minimum Gasteiger partial charge on any atom is -0.324 e. The summed E-state index contributed by atoms with van der Waals surface area (Å²) in [6.45, 7) is 3.65. The Kier molecular flexibility index (Phi) is 3.74. The lowest BCUT2D eigenvalue weighted by atomic mass is 9.63. The van der Waals surface area contributed by atoms with Gasteiger partial charge in [0.15, 0.2) is 0 Å². The number of hydrogen-bond donors (Lipinski definition) is 1. The van der Waals surface area contributed by atoms with Gasteiger partial charge in [0, 0.05) is 5.69 Å². The van der Waals surface area contributed by atoms with Crippen LogP contribution in [0.15, 0.2) is 30.4 Å². The van der Waals surface area contributed by atoms with Crippen molar-refractivity contribution < 1.29 is 14.4 Å². The maximum atomic E-state index is 12.8. The third-order valence-corrected chi connectivity index (χ3v) is 5.90. The van der Waals surface area contributed by atoms with Crippen LogP contribution >= 0.6 is 0 Å². The zero-order valence-corrected chi connectivity index (χ0v) is 14.5. The molecule has 4 atom stereocenters. The van der Waals surface area contributed by atoms with E-state index < -0.39 is 0 Å². The van der Waals surface area contributed by atoms with Crippen molar-refractivity contribution in [3.8, 4) is 0 Å². The molecule has 4 aliphatic rings. The number of fused-ring (bicyclic) bond motifs is 1. The summed E-state index contributed by atoms with van der Waals surface area (Å²) in [6.07, 6.45) is 6.09. The Morgan fingerprint density at radius 3 is 2.04 bits per heavy atom. The molecule has 3 amide bonds. The van der Waals surface area contributed by atoms with E-state index in [1.54, 1.807) is 0 Å². The minimum atomic E-state index is -0.321. The normalized spacial score (nSPS) is 29.9. The maximum absolute atomic E-state index is 12.8. The summed E-state index contributed by atoms with van der Waals surface area (Å²) in [6, 6.07) is 5.78. The van der Waals surface area contributed by atoms with Gasteiger partial charge in [-0.2, -0.15) is 0 Å². The van der Waals surface area contributed by atoms with Gasteiger partial charge in [0.1, 0.15) is 6.54 Å². The van der Waals surface area contributed by atoms with Crippen molar-refractivity contribution in [3.05, 3.63) is 41.5 Å². The predicted octanol–water partition coefficient (Wildman–Crippen LogP) is 2.44. The van der Waals surface area contributed by atoms with Gasteiger partial charge in [-0.15, -0.1) is 0 Å². The minimum absolute atomic E-state index is 0.151. The molecule has 0 radical (unpaired) electrons. The van der Waals surface area contributed by atoms with E-state index in [4.69, 9.17) is 0 Å². The lowest BCUT2D eigenvalue weighted by Crippen LogP contribution is -2.38. The highest BCUT2D eigenvalue weighted by molar-refractivity contribution is 6.09. The number of benzene rings is 1. The molecule has 1 aromatic rings. The number of amides is 3. The smallest absolute Gasteiger partial charge is 0.244 e. The second kappa shape index (κ2) is 5.83. The van der Waals surface area contributed by atoms with E-state index >= 15 is 0 Å². The molecular weight excluding hydrogens is 316 g/mol. The van der Waals surface area contributed by atoms with E-state index in [1.165, 1.54) is 4.90 Å². The number of carbonyl (C=O) groups is 3. The van der Waals surface area contributed by atoms with Gasteiger partial charge in [0.25, 0.3) is 0 Å². The van der Waals surface area contributed by atoms with Crippen LogP contribution in [0.2, 0.25) is 0 Å². The first kappa shape index (κ1) is 16.1. The van der Waals surface area contributed by atoms with Gasteiger partial charge in [0.2, 0.25) is 17.7 Å². The monoisotopic (exact) mass is 338 g/mol. The fraction of sp³-hybridized carbons (Fsp3) is 0.450. The summed E-state index contributed by atoms with van der Waals surface area (Å²) in [4.78, 5) is 39.2. The first-order valence-electron chi connectivity index (χ1n) is 8.87. The highest BCUT2D eigenvalue weighted by Crippen LogP contribution is 2.49. The van der Waals surface area contributed by atoms with E-state index in [-0.39, 0.29) is 47.9 Å². The molecule has 25 heavy (non-hydrogen) atoms. The largest absolute Gasteiger partial charge is 0.324 e. The lowest BCUT2D eigenvalue weighted by molar-refractivity contribution is -0.142. The molecule has 5 rings (SSSR count). The average molecular weight is 338 g/mol. The predicted molar refractivity (Wildman–Crippen MR) is 93.6 cm³/mol. The number of carbonyl (C=O) groups excluding carboxylic acids is 3. The molecule has 2 fully saturated rings. The topological polar surface area (TPSA) is 66.5 Å². The molecule has 1 aromatic carbocycles. The quantitative estimate of drug-likeness (QED) is 0.680. The van der Waals surface area contributed by atoms with Gasteiger partial charge in [0.05, 0.1) is 11.8 Å². The number of imide groups is 1. The number of aryl methyl sites for hydroxylation is 2. The van der Waals surface area contributed by atoms with E-state index in [2.05, 4.69) is 17.5 Å². The Morgan fingerprint density at radius 1 is 1.04 bits per heavy atom. The van der Waals surface area contributed by atoms with E-state index in [1.807, 2.05) is 32.0 Å². The molecule has 5 nitrogen and oxygen atoms in total. The summed E-state index contributed by atoms with van der Waals surface area (Å²) in [5.41, 5.74) is 2.68. The van der Waals surface area contributed by atoms with Crippen molar-refractivity contribution in [2.24, 2.45) is 23.7 Å². The van der Waals surface area contributed by atoms with Crippen LogP contribution in [0.1, 0.15) is 24.0 Å². The SMILES string of the molecule is Cc1cccc(C)c1NC(=O)CN1C(=O)C2C3C=CC(CC3)C2C1=O. The van der Waals surface area contributed by atoms with Crippen LogP contribution in [-0.4, -0.2) is 29.2 Å². The summed E-state index contributed by atoms with van der Waals surface area (Å²) >= 11 is 0. The first-order valence-corrected chi connectivity index (χ1v) is 8.87. The Morgan fingerprint density at radius 2 is 1.56 bits per heavy atom. The fourth-order valence-electron chi connectivity index (χ4n) is 4.63. The van der Waals surface area contributed by atoms with Crippen molar-refractivity contribution in [1.29, 1.82) is 0 Å². The zero-order valence-electron chi connectivity index (χ0n) is 14.5. The Labute approximate surface area is 147 Å². The molecule has 5 heteroatoms. The number of rotatable bonds is 3. The number of anilines is 1. The number of allylic oxidation sites excluding steroid dienone is 2. The van der Waals surface area contributed by atoms with Crippen LogP contribution in [0.3, 0.4) is 0 Å². The summed E-state index contributed by atoms with van der Waals surface area (Å²) < 4.78 is 0. The summed E-state index contributed by atoms with van der Waals surface area (Å²) in [7, 11) is 0. The molecular formula is C20H22N2O3. The molecule has 3 aliphatic carbocycles. The van der Waals surface area contributed by atoms with Crippen LogP contribution in [0.4, 0.5) is 5.69 Å². The van der Waals surface area contributed by atoms with Crippen LogP contribution in [-0.2, 0) is 14.4 Å². The fourth-order valence-corrected chi connectivity index (χ4v) is 4.63. The van der Waals surface area contributed by atoms with E-state index in [9.17, 15) is 14.4 Å². The Balaban J connectivity index is 1.51. The molecule has 0 aromatic heterocycles. The van der Waals surface area contributed by atoms with Crippen LogP contribution in [0.25, 0.3) is 0 Å².